The molecule has 0 aliphatic heterocycles. The fraction of sp³-hybridized carbons (Fsp3) is 0.214. The molecule has 1 aromatic heterocycles. The quantitative estimate of drug-likeness (QED) is 0.859. The Bertz CT molecular complexity index is 530. The number of anilines is 1. The summed E-state index contributed by atoms with van der Waals surface area (Å²) in [5, 5.41) is 0. The smallest absolute Gasteiger partial charge is 0.131 e. The van der Waals surface area contributed by atoms with Crippen molar-refractivity contribution in [3.63, 3.8) is 0 Å². The number of nitrogens with zero attached hydrogens (tertiary/aromatic N) is 1. The Morgan fingerprint density at radius 3 is 2.47 bits per heavy atom. The Kier molecular flexibility index (Phi) is 3.00. The van der Waals surface area contributed by atoms with Crippen LogP contribution in [0.15, 0.2) is 30.5 Å². The highest BCUT2D eigenvalue weighted by Gasteiger charge is 2.10. The van der Waals surface area contributed by atoms with Crippen molar-refractivity contribution < 1.29 is 4.74 Å². The summed E-state index contributed by atoms with van der Waals surface area (Å²) in [4.78, 5) is 4.15. The minimum Gasteiger partial charge on any atom is -0.497 e. The van der Waals surface area contributed by atoms with Crippen LogP contribution in [0, 0.1) is 13.8 Å². The number of aromatic nitrogens is 1. The van der Waals surface area contributed by atoms with Gasteiger partial charge in [-0.3, -0.25) is 0 Å². The average molecular weight is 228 g/mol. The SMILES string of the molecule is COc1ccc(-c2c(C)ccnc2N)c(C)c1. The van der Waals surface area contributed by atoms with Gasteiger partial charge in [-0.1, -0.05) is 6.07 Å². The van der Waals surface area contributed by atoms with E-state index in [0.717, 1.165) is 28.0 Å². The molecule has 0 saturated heterocycles. The van der Waals surface area contributed by atoms with E-state index in [2.05, 4.69) is 4.98 Å². The molecule has 0 aliphatic carbocycles. The second kappa shape index (κ2) is 4.45. The van der Waals surface area contributed by atoms with E-state index >= 15 is 0 Å². The molecule has 0 spiro atoms. The van der Waals surface area contributed by atoms with Crippen LogP contribution >= 0.6 is 0 Å². The standard InChI is InChI=1S/C14H16N2O/c1-9-6-7-16-14(15)13(9)12-5-4-11(17-3)8-10(12)2/h4-8H,1-3H3,(H2,15,16). The normalized spacial score (nSPS) is 10.3. The average Bonchev–Trinajstić information content (AvgIpc) is 2.30. The molecule has 0 amide bonds. The largest absolute Gasteiger partial charge is 0.497 e. The lowest BCUT2D eigenvalue weighted by atomic mass is 9.97. The van der Waals surface area contributed by atoms with Crippen LogP contribution in [0.1, 0.15) is 11.1 Å². The molecule has 3 heteroatoms. The first-order valence-electron chi connectivity index (χ1n) is 5.49. The van der Waals surface area contributed by atoms with Crippen molar-refractivity contribution in [2.24, 2.45) is 0 Å². The van der Waals surface area contributed by atoms with Crippen molar-refractivity contribution in [2.45, 2.75) is 13.8 Å². The van der Waals surface area contributed by atoms with Crippen LogP contribution < -0.4 is 10.5 Å². The Morgan fingerprint density at radius 1 is 1.12 bits per heavy atom. The highest BCUT2D eigenvalue weighted by molar-refractivity contribution is 5.79. The number of hydrogen-bond acceptors (Lipinski definition) is 3. The molecule has 1 heterocycles. The first-order chi connectivity index (χ1) is 8.13. The molecule has 88 valence electrons. The summed E-state index contributed by atoms with van der Waals surface area (Å²) < 4.78 is 5.20. The van der Waals surface area contributed by atoms with Gasteiger partial charge < -0.3 is 10.5 Å². The number of pyridine rings is 1. The van der Waals surface area contributed by atoms with Crippen LogP contribution in [0.25, 0.3) is 11.1 Å². The van der Waals surface area contributed by atoms with Crippen molar-refractivity contribution in [1.82, 2.24) is 4.98 Å². The third-order valence-corrected chi connectivity index (χ3v) is 2.89. The van der Waals surface area contributed by atoms with E-state index in [-0.39, 0.29) is 0 Å². The van der Waals surface area contributed by atoms with Crippen molar-refractivity contribution in [3.8, 4) is 16.9 Å². The number of aryl methyl sites for hydroxylation is 2. The van der Waals surface area contributed by atoms with Gasteiger partial charge in [-0.25, -0.2) is 4.98 Å². The summed E-state index contributed by atoms with van der Waals surface area (Å²) in [5.41, 5.74) is 10.3. The fourth-order valence-electron chi connectivity index (χ4n) is 1.97. The van der Waals surface area contributed by atoms with Crippen molar-refractivity contribution in [1.29, 1.82) is 0 Å². The van der Waals surface area contributed by atoms with Crippen LogP contribution in [-0.4, -0.2) is 12.1 Å². The van der Waals surface area contributed by atoms with E-state index in [1.54, 1.807) is 13.3 Å². The van der Waals surface area contributed by atoms with Gasteiger partial charge in [-0.15, -0.1) is 0 Å². The molecule has 17 heavy (non-hydrogen) atoms. The van der Waals surface area contributed by atoms with Crippen molar-refractivity contribution in [3.05, 3.63) is 41.6 Å². The molecule has 2 N–H and O–H groups in total. The zero-order valence-electron chi connectivity index (χ0n) is 10.3. The highest BCUT2D eigenvalue weighted by Crippen LogP contribution is 2.32. The number of rotatable bonds is 2. The van der Waals surface area contributed by atoms with Crippen LogP contribution in [0.3, 0.4) is 0 Å². The lowest BCUT2D eigenvalue weighted by molar-refractivity contribution is 0.414. The van der Waals surface area contributed by atoms with E-state index in [0.29, 0.717) is 5.82 Å². The molecule has 0 radical (unpaired) electrons. The molecule has 0 fully saturated rings. The summed E-state index contributed by atoms with van der Waals surface area (Å²) in [5.74, 6) is 1.42. The topological polar surface area (TPSA) is 48.1 Å². The Labute approximate surface area is 101 Å². The molecule has 0 atom stereocenters. The molecule has 1 aromatic carbocycles. The first-order valence-corrected chi connectivity index (χ1v) is 5.49. The fourth-order valence-corrected chi connectivity index (χ4v) is 1.97. The van der Waals surface area contributed by atoms with Gasteiger partial charge in [-0.2, -0.15) is 0 Å². The number of nitrogen functional groups attached to an aromatic ring is 1. The number of nitrogens with two attached hydrogens (primary N) is 1. The van der Waals surface area contributed by atoms with E-state index in [1.807, 2.05) is 38.1 Å². The van der Waals surface area contributed by atoms with Gasteiger partial charge >= 0.3 is 0 Å². The molecular weight excluding hydrogens is 212 g/mol. The van der Waals surface area contributed by atoms with E-state index in [9.17, 15) is 0 Å². The van der Waals surface area contributed by atoms with Crippen LogP contribution in [0.4, 0.5) is 5.82 Å². The van der Waals surface area contributed by atoms with E-state index in [1.165, 1.54) is 0 Å². The van der Waals surface area contributed by atoms with E-state index in [4.69, 9.17) is 10.5 Å². The van der Waals surface area contributed by atoms with Gasteiger partial charge in [0.25, 0.3) is 0 Å². The summed E-state index contributed by atoms with van der Waals surface area (Å²) in [6.45, 7) is 4.08. The molecule has 0 aliphatic rings. The van der Waals surface area contributed by atoms with Crippen molar-refractivity contribution in [2.75, 3.05) is 12.8 Å². The van der Waals surface area contributed by atoms with Crippen LogP contribution in [-0.2, 0) is 0 Å². The highest BCUT2D eigenvalue weighted by atomic mass is 16.5. The Morgan fingerprint density at radius 2 is 1.88 bits per heavy atom. The summed E-state index contributed by atoms with van der Waals surface area (Å²) in [6, 6.07) is 7.93. The predicted molar refractivity (Wildman–Crippen MR) is 70.1 cm³/mol. The molecule has 2 rings (SSSR count). The van der Waals surface area contributed by atoms with Crippen molar-refractivity contribution >= 4 is 5.82 Å². The number of benzene rings is 1. The Balaban J connectivity index is 2.61. The van der Waals surface area contributed by atoms with Gasteiger partial charge in [0.15, 0.2) is 0 Å². The van der Waals surface area contributed by atoms with Gasteiger partial charge in [0.05, 0.1) is 7.11 Å². The third kappa shape index (κ3) is 2.09. The van der Waals surface area contributed by atoms with Crippen LogP contribution in [0.5, 0.6) is 5.75 Å². The summed E-state index contributed by atoms with van der Waals surface area (Å²) in [6.07, 6.45) is 1.73. The maximum Gasteiger partial charge on any atom is 0.131 e. The third-order valence-electron chi connectivity index (χ3n) is 2.89. The lowest BCUT2D eigenvalue weighted by Crippen LogP contribution is -1.97. The molecule has 0 bridgehead atoms. The molecule has 2 aromatic rings. The Hall–Kier alpha value is -2.03. The summed E-state index contributed by atoms with van der Waals surface area (Å²) >= 11 is 0. The maximum absolute atomic E-state index is 5.95. The zero-order chi connectivity index (χ0) is 12.4. The van der Waals surface area contributed by atoms with Gasteiger partial charge in [0, 0.05) is 11.8 Å². The number of hydrogen-bond donors (Lipinski definition) is 1. The van der Waals surface area contributed by atoms with Crippen LogP contribution in [0.2, 0.25) is 0 Å². The predicted octanol–water partition coefficient (Wildman–Crippen LogP) is 2.96. The minimum atomic E-state index is 0.568. The zero-order valence-corrected chi connectivity index (χ0v) is 10.3. The monoisotopic (exact) mass is 228 g/mol. The molecule has 0 saturated carbocycles. The number of methoxy groups -OCH3 is 1. The van der Waals surface area contributed by atoms with Gasteiger partial charge in [0.2, 0.25) is 0 Å². The second-order valence-corrected chi connectivity index (χ2v) is 4.07. The lowest BCUT2D eigenvalue weighted by Gasteiger charge is -2.12. The molecule has 0 unspecified atom stereocenters. The molecular formula is C14H16N2O. The number of ether oxygens (including phenoxy) is 1. The first kappa shape index (κ1) is 11.5. The van der Waals surface area contributed by atoms with E-state index < -0.39 is 0 Å². The van der Waals surface area contributed by atoms with Gasteiger partial charge in [-0.05, 0) is 48.7 Å². The van der Waals surface area contributed by atoms with Gasteiger partial charge in [0.1, 0.15) is 11.6 Å². The molecule has 3 nitrogen and oxygen atoms in total. The maximum atomic E-state index is 5.95. The summed E-state index contributed by atoms with van der Waals surface area (Å²) in [7, 11) is 1.66. The minimum absolute atomic E-state index is 0.568. The second-order valence-electron chi connectivity index (χ2n) is 4.07.